The maximum absolute atomic E-state index is 9.74. The summed E-state index contributed by atoms with van der Waals surface area (Å²) in [5, 5.41) is 19.0. The number of hydrogen-bond acceptors (Lipinski definition) is 7. The number of rotatable bonds is 2. The third-order valence-electron chi connectivity index (χ3n) is 3.09. The first kappa shape index (κ1) is 12.5. The average Bonchev–Trinajstić information content (AvgIpc) is 2.92. The first-order valence-electron chi connectivity index (χ1n) is 5.70. The Bertz CT molecular complexity index is 618. The molecule has 0 saturated carbocycles. The van der Waals surface area contributed by atoms with Gasteiger partial charge < -0.3 is 20.7 Å². The molecule has 0 aliphatic carbocycles. The molecule has 1 aliphatic rings. The second-order valence-electron chi connectivity index (χ2n) is 4.31. The van der Waals surface area contributed by atoms with Crippen molar-refractivity contribution in [3.05, 3.63) is 11.5 Å². The zero-order chi connectivity index (χ0) is 13.6. The molecule has 0 amide bonds. The van der Waals surface area contributed by atoms with Gasteiger partial charge in [-0.3, -0.25) is 4.57 Å². The maximum Gasteiger partial charge on any atom is 0.223 e. The van der Waals surface area contributed by atoms with E-state index in [1.165, 1.54) is 6.33 Å². The summed E-state index contributed by atoms with van der Waals surface area (Å²) in [4.78, 5) is 12.0. The molecule has 2 aromatic rings. The molecule has 0 aromatic carbocycles. The van der Waals surface area contributed by atoms with Crippen LogP contribution in [0, 0.1) is 0 Å². The molecule has 0 spiro atoms. The van der Waals surface area contributed by atoms with Crippen molar-refractivity contribution in [1.82, 2.24) is 19.5 Å². The van der Waals surface area contributed by atoms with Crippen LogP contribution in [0.3, 0.4) is 0 Å². The van der Waals surface area contributed by atoms with E-state index in [1.807, 2.05) is 0 Å². The number of nitrogens with two attached hydrogens (primary N) is 1. The summed E-state index contributed by atoms with van der Waals surface area (Å²) in [7, 11) is 0. The first-order valence-corrected chi connectivity index (χ1v) is 6.08. The van der Waals surface area contributed by atoms with Crippen LogP contribution < -0.4 is 5.73 Å². The number of nitrogen functional groups attached to an aromatic ring is 1. The van der Waals surface area contributed by atoms with Crippen LogP contribution in [0.25, 0.3) is 11.2 Å². The van der Waals surface area contributed by atoms with Crippen molar-refractivity contribution in [3.8, 4) is 0 Å². The van der Waals surface area contributed by atoms with Crippen molar-refractivity contribution in [2.24, 2.45) is 0 Å². The van der Waals surface area contributed by atoms with Gasteiger partial charge in [-0.25, -0.2) is 4.98 Å². The van der Waals surface area contributed by atoms with Crippen LogP contribution in [-0.2, 0) is 4.74 Å². The van der Waals surface area contributed by atoms with Crippen LogP contribution in [0.2, 0.25) is 5.15 Å². The molecular weight excluding hydrogens is 274 g/mol. The standard InChI is InChI=1S/C10H12ClN5O3/c11-8-7-9(15-10(12)14-8)16(3-13-7)6-1-4(18)5(2-17)19-6/h3-6,17-18H,1-2H2,(H2,12,14,15)/t4?,5-,6-/m0/s1. The Kier molecular flexibility index (Phi) is 3.02. The van der Waals surface area contributed by atoms with E-state index in [1.54, 1.807) is 4.57 Å². The molecule has 102 valence electrons. The van der Waals surface area contributed by atoms with Crippen LogP contribution in [0.4, 0.5) is 5.95 Å². The van der Waals surface area contributed by atoms with Crippen molar-refractivity contribution in [3.63, 3.8) is 0 Å². The van der Waals surface area contributed by atoms with Crippen molar-refractivity contribution in [1.29, 1.82) is 0 Å². The fourth-order valence-corrected chi connectivity index (χ4v) is 2.38. The average molecular weight is 286 g/mol. The Balaban J connectivity index is 2.02. The lowest BCUT2D eigenvalue weighted by molar-refractivity contribution is -0.0432. The molecule has 19 heavy (non-hydrogen) atoms. The number of ether oxygens (including phenoxy) is 1. The summed E-state index contributed by atoms with van der Waals surface area (Å²) in [5.74, 6) is 0.0384. The lowest BCUT2D eigenvalue weighted by Crippen LogP contribution is -2.24. The van der Waals surface area contributed by atoms with Gasteiger partial charge in [0.2, 0.25) is 5.95 Å². The van der Waals surface area contributed by atoms with E-state index < -0.39 is 18.4 Å². The fourth-order valence-electron chi connectivity index (χ4n) is 2.16. The smallest absolute Gasteiger partial charge is 0.223 e. The van der Waals surface area contributed by atoms with Crippen LogP contribution in [0.5, 0.6) is 0 Å². The summed E-state index contributed by atoms with van der Waals surface area (Å²) in [6.07, 6.45) is 0.0155. The number of aliphatic hydroxyl groups is 2. The van der Waals surface area contributed by atoms with Gasteiger partial charge in [0.1, 0.15) is 17.8 Å². The number of hydrogen-bond donors (Lipinski definition) is 3. The van der Waals surface area contributed by atoms with Crippen LogP contribution in [0.1, 0.15) is 12.6 Å². The van der Waals surface area contributed by atoms with Gasteiger partial charge in [0, 0.05) is 6.42 Å². The highest BCUT2D eigenvalue weighted by Crippen LogP contribution is 2.31. The van der Waals surface area contributed by atoms with Gasteiger partial charge in [0.15, 0.2) is 10.8 Å². The minimum absolute atomic E-state index is 0.0384. The molecule has 8 nitrogen and oxygen atoms in total. The summed E-state index contributed by atoms with van der Waals surface area (Å²) in [5.41, 5.74) is 6.41. The van der Waals surface area contributed by atoms with Gasteiger partial charge in [-0.2, -0.15) is 9.97 Å². The Morgan fingerprint density at radius 2 is 2.32 bits per heavy atom. The van der Waals surface area contributed by atoms with Gasteiger partial charge >= 0.3 is 0 Å². The molecule has 4 N–H and O–H groups in total. The molecule has 3 heterocycles. The Morgan fingerprint density at radius 1 is 1.53 bits per heavy atom. The number of halogens is 1. The molecule has 9 heteroatoms. The van der Waals surface area contributed by atoms with Gasteiger partial charge in [0.25, 0.3) is 0 Å². The van der Waals surface area contributed by atoms with Gasteiger partial charge in [-0.05, 0) is 0 Å². The number of aromatic nitrogens is 4. The lowest BCUT2D eigenvalue weighted by Gasteiger charge is -2.13. The van der Waals surface area contributed by atoms with Crippen molar-refractivity contribution < 1.29 is 14.9 Å². The summed E-state index contributed by atoms with van der Waals surface area (Å²) < 4.78 is 7.16. The molecule has 1 fully saturated rings. The Labute approximate surface area is 112 Å². The Hall–Kier alpha value is -1.48. The molecular formula is C10H12ClN5O3. The quantitative estimate of drug-likeness (QED) is 0.648. The topological polar surface area (TPSA) is 119 Å². The monoisotopic (exact) mass is 285 g/mol. The third kappa shape index (κ3) is 2.02. The minimum atomic E-state index is -0.734. The van der Waals surface area contributed by atoms with Gasteiger partial charge in [-0.15, -0.1) is 0 Å². The number of anilines is 1. The zero-order valence-corrected chi connectivity index (χ0v) is 10.5. The number of nitrogens with zero attached hydrogens (tertiary/aromatic N) is 4. The van der Waals surface area contributed by atoms with Gasteiger partial charge in [-0.1, -0.05) is 11.6 Å². The summed E-state index contributed by atoms with van der Waals surface area (Å²) in [6.45, 7) is -0.248. The predicted octanol–water partition coefficient (Wildman–Crippen LogP) is -0.297. The number of fused-ring (bicyclic) bond motifs is 1. The van der Waals surface area contributed by atoms with Crippen molar-refractivity contribution >= 4 is 28.7 Å². The highest BCUT2D eigenvalue weighted by molar-refractivity contribution is 6.33. The largest absolute Gasteiger partial charge is 0.394 e. The highest BCUT2D eigenvalue weighted by Gasteiger charge is 2.35. The number of imidazole rings is 1. The SMILES string of the molecule is Nc1nc(Cl)c2ncn([C@@H]3CC(O)[C@H](CO)O3)c2n1. The fraction of sp³-hybridized carbons (Fsp3) is 0.500. The van der Waals surface area contributed by atoms with E-state index in [0.717, 1.165) is 0 Å². The predicted molar refractivity (Wildman–Crippen MR) is 66.4 cm³/mol. The minimum Gasteiger partial charge on any atom is -0.394 e. The van der Waals surface area contributed by atoms with E-state index >= 15 is 0 Å². The van der Waals surface area contributed by atoms with E-state index in [4.69, 9.17) is 27.2 Å². The zero-order valence-electron chi connectivity index (χ0n) is 9.77. The van der Waals surface area contributed by atoms with E-state index in [2.05, 4.69) is 15.0 Å². The highest BCUT2D eigenvalue weighted by atomic mass is 35.5. The molecule has 1 aliphatic heterocycles. The van der Waals surface area contributed by atoms with Gasteiger partial charge in [0.05, 0.1) is 19.0 Å². The summed E-state index contributed by atoms with van der Waals surface area (Å²) >= 11 is 5.93. The molecule has 0 bridgehead atoms. The van der Waals surface area contributed by atoms with Crippen molar-refractivity contribution in [2.45, 2.75) is 24.9 Å². The molecule has 2 aromatic heterocycles. The lowest BCUT2D eigenvalue weighted by atomic mass is 10.2. The molecule has 3 rings (SSSR count). The van der Waals surface area contributed by atoms with Crippen molar-refractivity contribution in [2.75, 3.05) is 12.3 Å². The Morgan fingerprint density at radius 3 is 3.00 bits per heavy atom. The maximum atomic E-state index is 9.74. The van der Waals surface area contributed by atoms with Crippen LogP contribution in [0.15, 0.2) is 6.33 Å². The van der Waals surface area contributed by atoms with E-state index in [-0.39, 0.29) is 17.7 Å². The second kappa shape index (κ2) is 4.57. The second-order valence-corrected chi connectivity index (χ2v) is 4.67. The first-order chi connectivity index (χ1) is 9.10. The molecule has 3 atom stereocenters. The molecule has 1 unspecified atom stereocenters. The van der Waals surface area contributed by atoms with E-state index in [9.17, 15) is 5.11 Å². The van der Waals surface area contributed by atoms with Crippen LogP contribution >= 0.6 is 11.6 Å². The third-order valence-corrected chi connectivity index (χ3v) is 3.35. The number of aliphatic hydroxyl groups excluding tert-OH is 2. The van der Waals surface area contributed by atoms with E-state index in [0.29, 0.717) is 17.6 Å². The summed E-state index contributed by atoms with van der Waals surface area (Å²) in [6, 6.07) is 0. The molecule has 1 saturated heterocycles. The normalized spacial score (nSPS) is 27.2. The van der Waals surface area contributed by atoms with Crippen LogP contribution in [-0.4, -0.2) is 48.5 Å². The molecule has 0 radical (unpaired) electrons.